The molecule has 0 spiro atoms. The lowest BCUT2D eigenvalue weighted by Gasteiger charge is -2.14. The molecule has 0 aliphatic carbocycles. The average Bonchev–Trinajstić information content (AvgIpc) is 2.98. The van der Waals surface area contributed by atoms with Crippen LogP contribution < -0.4 is 5.32 Å². The third-order valence-electron chi connectivity index (χ3n) is 3.35. The van der Waals surface area contributed by atoms with E-state index in [-0.39, 0.29) is 0 Å². The van der Waals surface area contributed by atoms with Gasteiger partial charge in [-0.25, -0.2) is 0 Å². The zero-order valence-electron chi connectivity index (χ0n) is 10.7. The highest BCUT2D eigenvalue weighted by molar-refractivity contribution is 4.84. The summed E-state index contributed by atoms with van der Waals surface area (Å²) in [6, 6.07) is 0. The number of rotatable bonds is 7. The Morgan fingerprint density at radius 1 is 1.35 bits per heavy atom. The average molecular weight is 237 g/mol. The van der Waals surface area contributed by atoms with Crippen LogP contribution in [-0.4, -0.2) is 45.8 Å². The molecule has 5 nitrogen and oxygen atoms in total. The SMILES string of the molecule is CCn1cnnc1CNCCCN1CCCC1. The van der Waals surface area contributed by atoms with Crippen LogP contribution in [-0.2, 0) is 13.1 Å². The van der Waals surface area contributed by atoms with Crippen molar-refractivity contribution in [3.63, 3.8) is 0 Å². The molecule has 96 valence electrons. The second-order valence-corrected chi connectivity index (χ2v) is 4.61. The first-order valence-electron chi connectivity index (χ1n) is 6.70. The Bertz CT molecular complexity index is 316. The lowest BCUT2D eigenvalue weighted by molar-refractivity contribution is 0.330. The molecule has 0 aromatic carbocycles. The summed E-state index contributed by atoms with van der Waals surface area (Å²) in [5.41, 5.74) is 0. The molecule has 1 aromatic rings. The normalized spacial score (nSPS) is 16.8. The second-order valence-electron chi connectivity index (χ2n) is 4.61. The zero-order valence-corrected chi connectivity index (χ0v) is 10.7. The van der Waals surface area contributed by atoms with E-state index in [4.69, 9.17) is 0 Å². The van der Waals surface area contributed by atoms with Crippen molar-refractivity contribution in [3.05, 3.63) is 12.2 Å². The maximum absolute atomic E-state index is 4.10. The van der Waals surface area contributed by atoms with Gasteiger partial charge in [0.25, 0.3) is 0 Å². The van der Waals surface area contributed by atoms with Gasteiger partial charge < -0.3 is 14.8 Å². The number of nitrogens with one attached hydrogen (secondary N) is 1. The van der Waals surface area contributed by atoms with Crippen molar-refractivity contribution in [3.8, 4) is 0 Å². The number of likely N-dealkylation sites (tertiary alicyclic amines) is 1. The molecule has 1 saturated heterocycles. The highest BCUT2D eigenvalue weighted by Gasteiger charge is 2.10. The molecule has 5 heteroatoms. The Hall–Kier alpha value is -0.940. The molecule has 1 aromatic heterocycles. The van der Waals surface area contributed by atoms with Crippen molar-refractivity contribution in [2.45, 2.75) is 39.3 Å². The van der Waals surface area contributed by atoms with E-state index in [9.17, 15) is 0 Å². The van der Waals surface area contributed by atoms with E-state index >= 15 is 0 Å². The predicted octanol–water partition coefficient (Wildman–Crippen LogP) is 0.873. The molecule has 0 atom stereocenters. The molecule has 0 unspecified atom stereocenters. The van der Waals surface area contributed by atoms with Crippen LogP contribution in [0.25, 0.3) is 0 Å². The van der Waals surface area contributed by atoms with Crippen molar-refractivity contribution < 1.29 is 0 Å². The van der Waals surface area contributed by atoms with Crippen LogP contribution in [0.3, 0.4) is 0 Å². The number of aryl methyl sites for hydroxylation is 1. The molecule has 0 radical (unpaired) electrons. The summed E-state index contributed by atoms with van der Waals surface area (Å²) < 4.78 is 2.08. The summed E-state index contributed by atoms with van der Waals surface area (Å²) in [6.45, 7) is 8.76. The van der Waals surface area contributed by atoms with E-state index in [2.05, 4.69) is 31.9 Å². The Labute approximate surface area is 103 Å². The third kappa shape index (κ3) is 3.78. The summed E-state index contributed by atoms with van der Waals surface area (Å²) in [5.74, 6) is 1.04. The quantitative estimate of drug-likeness (QED) is 0.715. The molecule has 0 amide bonds. The summed E-state index contributed by atoms with van der Waals surface area (Å²) in [6.07, 6.45) is 5.78. The van der Waals surface area contributed by atoms with E-state index in [0.29, 0.717) is 0 Å². The minimum absolute atomic E-state index is 0.827. The van der Waals surface area contributed by atoms with E-state index < -0.39 is 0 Å². The number of hydrogen-bond acceptors (Lipinski definition) is 4. The summed E-state index contributed by atoms with van der Waals surface area (Å²) in [5, 5.41) is 11.5. The molecular formula is C12H23N5. The van der Waals surface area contributed by atoms with Crippen LogP contribution in [0.5, 0.6) is 0 Å². The smallest absolute Gasteiger partial charge is 0.146 e. The molecular weight excluding hydrogens is 214 g/mol. The summed E-state index contributed by atoms with van der Waals surface area (Å²) >= 11 is 0. The Balaban J connectivity index is 1.56. The van der Waals surface area contributed by atoms with Crippen LogP contribution >= 0.6 is 0 Å². The topological polar surface area (TPSA) is 46.0 Å². The van der Waals surface area contributed by atoms with Crippen molar-refractivity contribution in [2.75, 3.05) is 26.2 Å². The number of aromatic nitrogens is 3. The van der Waals surface area contributed by atoms with Crippen LogP contribution in [0.2, 0.25) is 0 Å². The van der Waals surface area contributed by atoms with Gasteiger partial charge >= 0.3 is 0 Å². The van der Waals surface area contributed by atoms with E-state index in [1.807, 2.05) is 0 Å². The van der Waals surface area contributed by atoms with Gasteiger partial charge in [0.05, 0.1) is 6.54 Å². The lowest BCUT2D eigenvalue weighted by atomic mass is 10.4. The molecule has 1 N–H and O–H groups in total. The van der Waals surface area contributed by atoms with Gasteiger partial charge in [0.15, 0.2) is 0 Å². The standard InChI is InChI=1S/C12H23N5/c1-2-17-11-14-15-12(17)10-13-6-5-9-16-7-3-4-8-16/h11,13H,2-10H2,1H3. The Morgan fingerprint density at radius 2 is 2.18 bits per heavy atom. The Kier molecular flexibility index (Phi) is 4.94. The molecule has 17 heavy (non-hydrogen) atoms. The fraction of sp³-hybridized carbons (Fsp3) is 0.833. The van der Waals surface area contributed by atoms with Crippen LogP contribution in [0.4, 0.5) is 0 Å². The maximum atomic E-state index is 4.10. The fourth-order valence-electron chi connectivity index (χ4n) is 2.31. The molecule has 2 heterocycles. The molecule has 1 fully saturated rings. The monoisotopic (exact) mass is 237 g/mol. The van der Waals surface area contributed by atoms with Gasteiger partial charge in [-0.2, -0.15) is 0 Å². The second kappa shape index (κ2) is 6.71. The van der Waals surface area contributed by atoms with Gasteiger partial charge in [-0.15, -0.1) is 10.2 Å². The third-order valence-corrected chi connectivity index (χ3v) is 3.35. The van der Waals surface area contributed by atoms with E-state index in [0.717, 1.165) is 25.5 Å². The minimum Gasteiger partial charge on any atom is -0.317 e. The highest BCUT2D eigenvalue weighted by atomic mass is 15.3. The van der Waals surface area contributed by atoms with Gasteiger partial charge in [0.1, 0.15) is 12.2 Å². The van der Waals surface area contributed by atoms with Crippen LogP contribution in [0, 0.1) is 0 Å². The largest absolute Gasteiger partial charge is 0.317 e. The molecule has 0 saturated carbocycles. The predicted molar refractivity (Wildman–Crippen MR) is 67.7 cm³/mol. The molecule has 1 aliphatic rings. The fourth-order valence-corrected chi connectivity index (χ4v) is 2.31. The molecule has 1 aliphatic heterocycles. The van der Waals surface area contributed by atoms with Crippen molar-refractivity contribution in [2.24, 2.45) is 0 Å². The lowest BCUT2D eigenvalue weighted by Crippen LogP contribution is -2.25. The first-order valence-corrected chi connectivity index (χ1v) is 6.70. The van der Waals surface area contributed by atoms with Crippen LogP contribution in [0.1, 0.15) is 32.0 Å². The van der Waals surface area contributed by atoms with Gasteiger partial charge in [-0.3, -0.25) is 0 Å². The molecule has 2 rings (SSSR count). The summed E-state index contributed by atoms with van der Waals surface area (Å²) in [7, 11) is 0. The minimum atomic E-state index is 0.827. The summed E-state index contributed by atoms with van der Waals surface area (Å²) in [4.78, 5) is 2.55. The van der Waals surface area contributed by atoms with Crippen molar-refractivity contribution in [1.82, 2.24) is 25.0 Å². The van der Waals surface area contributed by atoms with Gasteiger partial charge in [0, 0.05) is 6.54 Å². The van der Waals surface area contributed by atoms with E-state index in [1.165, 1.54) is 38.9 Å². The van der Waals surface area contributed by atoms with E-state index in [1.54, 1.807) is 6.33 Å². The van der Waals surface area contributed by atoms with Crippen molar-refractivity contribution >= 4 is 0 Å². The van der Waals surface area contributed by atoms with Crippen molar-refractivity contribution in [1.29, 1.82) is 0 Å². The van der Waals surface area contributed by atoms with Gasteiger partial charge in [0.2, 0.25) is 0 Å². The molecule has 0 bridgehead atoms. The van der Waals surface area contributed by atoms with Crippen LogP contribution in [0.15, 0.2) is 6.33 Å². The highest BCUT2D eigenvalue weighted by Crippen LogP contribution is 2.06. The van der Waals surface area contributed by atoms with Gasteiger partial charge in [-0.05, 0) is 52.4 Å². The maximum Gasteiger partial charge on any atom is 0.146 e. The number of nitrogens with zero attached hydrogens (tertiary/aromatic N) is 4. The first-order chi connectivity index (χ1) is 8.40. The Morgan fingerprint density at radius 3 is 2.94 bits per heavy atom. The first kappa shape index (κ1) is 12.5. The van der Waals surface area contributed by atoms with Gasteiger partial charge in [-0.1, -0.05) is 0 Å². The zero-order chi connectivity index (χ0) is 11.9. The number of hydrogen-bond donors (Lipinski definition) is 1.